The highest BCUT2D eigenvalue weighted by atomic mass is 16.7. The molecule has 0 amide bonds. The van der Waals surface area contributed by atoms with Gasteiger partial charge in [-0.05, 0) is 51.4 Å². The summed E-state index contributed by atoms with van der Waals surface area (Å²) in [5, 5.41) is 40.2. The van der Waals surface area contributed by atoms with Crippen LogP contribution in [-0.4, -0.2) is 89.0 Å². The molecule has 0 saturated carbocycles. The van der Waals surface area contributed by atoms with Crippen molar-refractivity contribution in [3.63, 3.8) is 0 Å². The van der Waals surface area contributed by atoms with Crippen molar-refractivity contribution in [2.45, 2.75) is 243 Å². The molecule has 364 valence electrons. The van der Waals surface area contributed by atoms with Crippen LogP contribution in [0.25, 0.3) is 0 Å². The van der Waals surface area contributed by atoms with Crippen LogP contribution in [0.15, 0.2) is 60.8 Å². The lowest BCUT2D eigenvalue weighted by Crippen LogP contribution is -2.59. The van der Waals surface area contributed by atoms with Crippen LogP contribution in [0.5, 0.6) is 0 Å². The Morgan fingerprint density at radius 3 is 1.40 bits per heavy atom. The molecular weight excluding hydrogens is 797 g/mol. The van der Waals surface area contributed by atoms with Crippen molar-refractivity contribution in [3.05, 3.63) is 60.8 Å². The van der Waals surface area contributed by atoms with E-state index in [0.717, 1.165) is 57.8 Å². The predicted molar refractivity (Wildman–Crippen MR) is 256 cm³/mol. The van der Waals surface area contributed by atoms with Crippen LogP contribution in [0.2, 0.25) is 0 Å². The molecule has 0 aromatic heterocycles. The average molecular weight is 889 g/mol. The highest BCUT2D eigenvalue weighted by Crippen LogP contribution is 2.23. The van der Waals surface area contributed by atoms with Crippen LogP contribution in [-0.2, 0) is 28.5 Å². The first kappa shape index (κ1) is 58.4. The minimum atomic E-state index is -1.60. The number of hydrogen-bond donors (Lipinski definition) is 4. The van der Waals surface area contributed by atoms with Gasteiger partial charge in [-0.15, -0.1) is 0 Å². The number of carbonyl (C=O) groups excluding carboxylic acids is 2. The molecule has 1 rings (SSSR count). The number of allylic oxidation sites excluding steroid dienone is 10. The lowest BCUT2D eigenvalue weighted by molar-refractivity contribution is -0.305. The van der Waals surface area contributed by atoms with Gasteiger partial charge >= 0.3 is 11.9 Å². The monoisotopic (exact) mass is 889 g/mol. The smallest absolute Gasteiger partial charge is 0.306 e. The Balaban J connectivity index is 2.29. The molecule has 63 heavy (non-hydrogen) atoms. The van der Waals surface area contributed by atoms with Crippen molar-refractivity contribution in [1.82, 2.24) is 0 Å². The fraction of sp³-hybridized carbons (Fsp3) is 0.774. The van der Waals surface area contributed by atoms with Gasteiger partial charge in [0.2, 0.25) is 0 Å². The first-order valence-electron chi connectivity index (χ1n) is 25.4. The van der Waals surface area contributed by atoms with E-state index < -0.39 is 55.4 Å². The molecule has 0 bridgehead atoms. The molecule has 0 radical (unpaired) electrons. The van der Waals surface area contributed by atoms with Gasteiger partial charge in [-0.2, -0.15) is 0 Å². The van der Waals surface area contributed by atoms with Gasteiger partial charge in [0.15, 0.2) is 12.4 Å². The Morgan fingerprint density at radius 2 is 0.937 bits per heavy atom. The van der Waals surface area contributed by atoms with Crippen molar-refractivity contribution < 1.29 is 49.0 Å². The van der Waals surface area contributed by atoms with Gasteiger partial charge in [0.1, 0.15) is 31.0 Å². The number of rotatable bonds is 42. The highest BCUT2D eigenvalue weighted by Gasteiger charge is 2.44. The highest BCUT2D eigenvalue weighted by molar-refractivity contribution is 5.70. The van der Waals surface area contributed by atoms with Crippen LogP contribution in [0, 0.1) is 0 Å². The van der Waals surface area contributed by atoms with E-state index in [2.05, 4.69) is 68.5 Å². The van der Waals surface area contributed by atoms with Crippen molar-refractivity contribution >= 4 is 11.9 Å². The Hall–Kier alpha value is -2.60. The Kier molecular flexibility index (Phi) is 40.2. The molecule has 2 unspecified atom stereocenters. The second-order valence-electron chi connectivity index (χ2n) is 17.2. The van der Waals surface area contributed by atoms with E-state index >= 15 is 0 Å². The van der Waals surface area contributed by atoms with E-state index in [1.807, 2.05) is 6.08 Å². The molecular formula is C53H92O10. The lowest BCUT2D eigenvalue weighted by atomic mass is 9.99. The maximum Gasteiger partial charge on any atom is 0.306 e. The Labute approximate surface area is 383 Å². The van der Waals surface area contributed by atoms with Gasteiger partial charge in [0.05, 0.1) is 13.2 Å². The van der Waals surface area contributed by atoms with E-state index in [9.17, 15) is 30.0 Å². The molecule has 10 nitrogen and oxygen atoms in total. The number of hydrogen-bond acceptors (Lipinski definition) is 10. The molecule has 0 aromatic rings. The van der Waals surface area contributed by atoms with Gasteiger partial charge in [-0.3, -0.25) is 9.59 Å². The van der Waals surface area contributed by atoms with Gasteiger partial charge in [-0.25, -0.2) is 0 Å². The fourth-order valence-electron chi connectivity index (χ4n) is 7.46. The summed E-state index contributed by atoms with van der Waals surface area (Å²) >= 11 is 0. The SMILES string of the molecule is CC/C=C/C/C=C/C/C=C/C/C=C/C/C=C/CCCC(=O)OC[C@H](CO[C@@H]1O[C@H](CO)[C@H](O)C(O)C1O)OC(=O)CCCCCCCCCCCCCCCCCCCCCCC. The van der Waals surface area contributed by atoms with E-state index in [1.165, 1.54) is 109 Å². The normalized spacial score (nSPS) is 20.0. The predicted octanol–water partition coefficient (Wildman–Crippen LogP) is 11.8. The van der Waals surface area contributed by atoms with Crippen LogP contribution in [0.1, 0.15) is 206 Å². The molecule has 0 aromatic carbocycles. The minimum Gasteiger partial charge on any atom is -0.462 e. The number of aliphatic hydroxyl groups is 4. The number of unbranched alkanes of at least 4 members (excludes halogenated alkanes) is 21. The first-order chi connectivity index (χ1) is 30.8. The lowest BCUT2D eigenvalue weighted by Gasteiger charge is -2.39. The Bertz CT molecular complexity index is 1210. The maximum absolute atomic E-state index is 12.8. The van der Waals surface area contributed by atoms with Crippen molar-refractivity contribution in [2.24, 2.45) is 0 Å². The van der Waals surface area contributed by atoms with Crippen molar-refractivity contribution in [3.8, 4) is 0 Å². The summed E-state index contributed by atoms with van der Waals surface area (Å²) in [5.41, 5.74) is 0. The van der Waals surface area contributed by atoms with E-state index in [0.29, 0.717) is 12.8 Å². The van der Waals surface area contributed by atoms with E-state index in [-0.39, 0.29) is 26.1 Å². The molecule has 0 spiro atoms. The van der Waals surface area contributed by atoms with E-state index in [1.54, 1.807) is 0 Å². The summed E-state index contributed by atoms with van der Waals surface area (Å²) in [6.07, 6.45) is 46.7. The molecule has 1 aliphatic heterocycles. The van der Waals surface area contributed by atoms with E-state index in [4.69, 9.17) is 18.9 Å². The molecule has 1 saturated heterocycles. The maximum atomic E-state index is 12.8. The summed E-state index contributed by atoms with van der Waals surface area (Å²) in [5.74, 6) is -0.870. The van der Waals surface area contributed by atoms with Crippen molar-refractivity contribution in [1.29, 1.82) is 0 Å². The molecule has 1 fully saturated rings. The second-order valence-corrected chi connectivity index (χ2v) is 17.2. The van der Waals surface area contributed by atoms with Crippen LogP contribution < -0.4 is 0 Å². The zero-order valence-electron chi connectivity index (χ0n) is 39.8. The summed E-state index contributed by atoms with van der Waals surface area (Å²) in [6.45, 7) is 3.27. The standard InChI is InChI=1S/C53H92O10/c1-3-5-7-9-11-13-15-17-19-21-22-23-24-26-28-30-32-34-36-38-40-42-49(56)62-46(45-61-53-52(59)51(58)50(57)47(43-54)63-53)44-60-48(55)41-39-37-35-33-31-29-27-25-20-18-16-14-12-10-8-6-4-2/h6,8,12,14,18,20,27,29,33,35,46-47,50-54,57-59H,3-5,7,9-11,13,15-17,19,21-26,28,30-32,34,36-45H2,1-2H3/b8-6+,14-12+,20-18+,29-27+,35-33+/t46-,47-,50+,51?,52?,53-/m1/s1. The largest absolute Gasteiger partial charge is 0.462 e. The van der Waals surface area contributed by atoms with Crippen LogP contribution in [0.4, 0.5) is 0 Å². The summed E-state index contributed by atoms with van der Waals surface area (Å²) < 4.78 is 22.2. The first-order valence-corrected chi connectivity index (χ1v) is 25.4. The fourth-order valence-corrected chi connectivity index (χ4v) is 7.46. The average Bonchev–Trinajstić information content (AvgIpc) is 3.28. The van der Waals surface area contributed by atoms with Crippen molar-refractivity contribution in [2.75, 3.05) is 19.8 Å². The zero-order chi connectivity index (χ0) is 45.9. The molecule has 1 heterocycles. The number of aliphatic hydroxyl groups excluding tert-OH is 4. The summed E-state index contributed by atoms with van der Waals surface area (Å²) in [7, 11) is 0. The topological polar surface area (TPSA) is 152 Å². The Morgan fingerprint density at radius 1 is 0.508 bits per heavy atom. The quantitative estimate of drug-likeness (QED) is 0.0265. The van der Waals surface area contributed by atoms with Gasteiger partial charge in [0.25, 0.3) is 0 Å². The van der Waals surface area contributed by atoms with Crippen LogP contribution >= 0.6 is 0 Å². The van der Waals surface area contributed by atoms with Gasteiger partial charge in [0, 0.05) is 12.8 Å². The molecule has 1 aliphatic rings. The van der Waals surface area contributed by atoms with Crippen LogP contribution in [0.3, 0.4) is 0 Å². The molecule has 4 N–H and O–H groups in total. The molecule has 10 heteroatoms. The molecule has 6 atom stereocenters. The van der Waals surface area contributed by atoms with Gasteiger partial charge < -0.3 is 39.4 Å². The van der Waals surface area contributed by atoms with Gasteiger partial charge in [-0.1, -0.05) is 203 Å². The minimum absolute atomic E-state index is 0.196. The second kappa shape index (κ2) is 43.3. The zero-order valence-corrected chi connectivity index (χ0v) is 39.8. The third-order valence-electron chi connectivity index (χ3n) is 11.4. The third kappa shape index (κ3) is 34.4. The summed E-state index contributed by atoms with van der Waals surface area (Å²) in [4.78, 5) is 25.4. The number of esters is 2. The molecule has 0 aliphatic carbocycles. The number of ether oxygens (including phenoxy) is 4. The number of carbonyl (C=O) groups is 2. The summed E-state index contributed by atoms with van der Waals surface area (Å²) in [6, 6.07) is 0. The third-order valence-corrected chi connectivity index (χ3v) is 11.4.